The van der Waals surface area contributed by atoms with Gasteiger partial charge in [-0.3, -0.25) is 13.9 Å². The molecule has 2 aromatic rings. The SMILES string of the molecule is COc1ccc(CN(C(=O)CN(c2ccccc2F)S(C)(=O)=O)[C@H](C)C(=O)NCC(C)C)cc1. The van der Waals surface area contributed by atoms with Crippen LogP contribution in [0.3, 0.4) is 0 Å². The maximum atomic E-state index is 14.4. The van der Waals surface area contributed by atoms with Crippen LogP contribution >= 0.6 is 0 Å². The van der Waals surface area contributed by atoms with Crippen molar-refractivity contribution < 1.29 is 27.1 Å². The van der Waals surface area contributed by atoms with E-state index >= 15 is 0 Å². The zero-order valence-electron chi connectivity index (χ0n) is 20.1. The second kappa shape index (κ2) is 11.8. The summed E-state index contributed by atoms with van der Waals surface area (Å²) >= 11 is 0. The van der Waals surface area contributed by atoms with E-state index in [0.717, 1.165) is 17.9 Å². The molecule has 0 saturated heterocycles. The number of sulfonamides is 1. The van der Waals surface area contributed by atoms with E-state index in [9.17, 15) is 22.4 Å². The van der Waals surface area contributed by atoms with E-state index in [2.05, 4.69) is 5.32 Å². The number of methoxy groups -OCH3 is 1. The molecule has 0 heterocycles. The normalized spacial score (nSPS) is 12.2. The molecule has 0 fully saturated rings. The minimum absolute atomic E-state index is 0.0496. The van der Waals surface area contributed by atoms with Gasteiger partial charge in [-0.25, -0.2) is 12.8 Å². The van der Waals surface area contributed by atoms with Gasteiger partial charge < -0.3 is 15.0 Å². The Balaban J connectivity index is 2.37. The Labute approximate surface area is 200 Å². The van der Waals surface area contributed by atoms with Crippen molar-refractivity contribution >= 4 is 27.5 Å². The van der Waals surface area contributed by atoms with Gasteiger partial charge in [-0.15, -0.1) is 0 Å². The lowest BCUT2D eigenvalue weighted by Crippen LogP contribution is -2.51. The maximum absolute atomic E-state index is 14.4. The number of para-hydroxylation sites is 1. The first-order valence-corrected chi connectivity index (χ1v) is 12.7. The lowest BCUT2D eigenvalue weighted by atomic mass is 10.1. The number of hydrogen-bond acceptors (Lipinski definition) is 5. The third-order valence-corrected chi connectivity index (χ3v) is 6.29. The molecule has 0 spiro atoms. The van der Waals surface area contributed by atoms with Crippen molar-refractivity contribution in [1.29, 1.82) is 0 Å². The van der Waals surface area contributed by atoms with E-state index in [0.29, 0.717) is 16.6 Å². The Morgan fingerprint density at radius 1 is 1.06 bits per heavy atom. The number of benzene rings is 2. The Bertz CT molecular complexity index is 1090. The van der Waals surface area contributed by atoms with Crippen LogP contribution in [0.4, 0.5) is 10.1 Å². The summed E-state index contributed by atoms with van der Waals surface area (Å²) in [5, 5.41) is 2.80. The summed E-state index contributed by atoms with van der Waals surface area (Å²) in [5.74, 6) is -0.940. The Kier molecular flexibility index (Phi) is 9.43. The number of carbonyl (C=O) groups is 2. The highest BCUT2D eigenvalue weighted by atomic mass is 32.2. The van der Waals surface area contributed by atoms with Gasteiger partial charge in [-0.2, -0.15) is 0 Å². The molecule has 0 aliphatic carbocycles. The predicted octanol–water partition coefficient (Wildman–Crippen LogP) is 2.79. The van der Waals surface area contributed by atoms with Gasteiger partial charge in [0, 0.05) is 13.1 Å². The summed E-state index contributed by atoms with van der Waals surface area (Å²) in [6, 6.07) is 11.4. The molecule has 0 bridgehead atoms. The van der Waals surface area contributed by atoms with Crippen molar-refractivity contribution in [3.63, 3.8) is 0 Å². The quantitative estimate of drug-likeness (QED) is 0.519. The zero-order chi connectivity index (χ0) is 25.5. The van der Waals surface area contributed by atoms with E-state index in [1.54, 1.807) is 31.2 Å². The first-order valence-electron chi connectivity index (χ1n) is 10.9. The summed E-state index contributed by atoms with van der Waals surface area (Å²) in [5.41, 5.74) is 0.481. The molecule has 0 unspecified atom stereocenters. The summed E-state index contributed by atoms with van der Waals surface area (Å²) in [7, 11) is -2.45. The molecule has 10 heteroatoms. The highest BCUT2D eigenvalue weighted by Crippen LogP contribution is 2.22. The van der Waals surface area contributed by atoms with Crippen molar-refractivity contribution in [3.8, 4) is 5.75 Å². The summed E-state index contributed by atoms with van der Waals surface area (Å²) in [6.07, 6.45) is 0.902. The molecule has 34 heavy (non-hydrogen) atoms. The van der Waals surface area contributed by atoms with E-state index in [1.807, 2.05) is 13.8 Å². The van der Waals surface area contributed by atoms with Gasteiger partial charge in [0.15, 0.2) is 0 Å². The maximum Gasteiger partial charge on any atom is 0.244 e. The Morgan fingerprint density at radius 3 is 2.21 bits per heavy atom. The average molecular weight is 494 g/mol. The van der Waals surface area contributed by atoms with Crippen LogP contribution in [0.25, 0.3) is 0 Å². The van der Waals surface area contributed by atoms with Crippen molar-refractivity contribution in [2.45, 2.75) is 33.4 Å². The molecular weight excluding hydrogens is 461 g/mol. The van der Waals surface area contributed by atoms with Crippen molar-refractivity contribution in [1.82, 2.24) is 10.2 Å². The van der Waals surface area contributed by atoms with Gasteiger partial charge in [-0.1, -0.05) is 38.1 Å². The van der Waals surface area contributed by atoms with Gasteiger partial charge in [-0.05, 0) is 42.7 Å². The van der Waals surface area contributed by atoms with Gasteiger partial charge >= 0.3 is 0 Å². The number of ether oxygens (including phenoxy) is 1. The van der Waals surface area contributed by atoms with Crippen LogP contribution in [-0.4, -0.2) is 57.6 Å². The number of nitrogens with one attached hydrogen (secondary N) is 1. The summed E-state index contributed by atoms with van der Waals surface area (Å²) in [6.45, 7) is 5.29. The zero-order valence-corrected chi connectivity index (χ0v) is 20.9. The Hall–Kier alpha value is -3.14. The highest BCUT2D eigenvalue weighted by Gasteiger charge is 2.31. The highest BCUT2D eigenvalue weighted by molar-refractivity contribution is 7.92. The molecular formula is C24H32FN3O5S. The molecule has 2 rings (SSSR count). The van der Waals surface area contributed by atoms with Crippen LogP contribution in [0.1, 0.15) is 26.3 Å². The van der Waals surface area contributed by atoms with Crippen molar-refractivity contribution in [2.75, 3.05) is 30.8 Å². The molecule has 8 nitrogen and oxygen atoms in total. The first-order chi connectivity index (χ1) is 15.9. The largest absolute Gasteiger partial charge is 0.497 e. The van der Waals surface area contributed by atoms with Crippen LogP contribution in [0, 0.1) is 11.7 Å². The minimum Gasteiger partial charge on any atom is -0.497 e. The standard InChI is InChI=1S/C24H32FN3O5S/c1-17(2)14-26-24(30)18(3)27(15-19-10-12-20(33-4)13-11-19)23(29)16-28(34(5,31)32)22-9-7-6-8-21(22)25/h6-13,17-18H,14-16H2,1-5H3,(H,26,30)/t18-/m1/s1. The van der Waals surface area contributed by atoms with E-state index in [-0.39, 0.29) is 24.1 Å². The van der Waals surface area contributed by atoms with Gasteiger partial charge in [0.05, 0.1) is 19.1 Å². The number of carbonyl (C=O) groups excluding carboxylic acids is 2. The topological polar surface area (TPSA) is 96.0 Å². The molecule has 2 aromatic carbocycles. The second-order valence-electron chi connectivity index (χ2n) is 8.41. The molecule has 0 aliphatic rings. The molecule has 186 valence electrons. The summed E-state index contributed by atoms with van der Waals surface area (Å²) in [4.78, 5) is 27.5. The number of amides is 2. The van der Waals surface area contributed by atoms with E-state index in [4.69, 9.17) is 4.74 Å². The molecule has 0 aliphatic heterocycles. The molecule has 0 aromatic heterocycles. The lowest BCUT2D eigenvalue weighted by molar-refractivity contribution is -0.139. The van der Waals surface area contributed by atoms with Crippen LogP contribution in [0.2, 0.25) is 0 Å². The second-order valence-corrected chi connectivity index (χ2v) is 10.3. The van der Waals surface area contributed by atoms with Crippen LogP contribution < -0.4 is 14.4 Å². The monoisotopic (exact) mass is 493 g/mol. The average Bonchev–Trinajstić information content (AvgIpc) is 2.79. The fourth-order valence-corrected chi connectivity index (χ4v) is 4.06. The van der Waals surface area contributed by atoms with E-state index in [1.165, 1.54) is 30.2 Å². The number of halogens is 1. The first kappa shape index (κ1) is 27.1. The summed E-state index contributed by atoms with van der Waals surface area (Å²) < 4.78 is 45.2. The van der Waals surface area contributed by atoms with E-state index < -0.39 is 34.3 Å². The van der Waals surface area contributed by atoms with Crippen molar-refractivity contribution in [2.24, 2.45) is 5.92 Å². The third-order valence-electron chi connectivity index (χ3n) is 5.16. The van der Waals surface area contributed by atoms with Crippen molar-refractivity contribution in [3.05, 3.63) is 59.9 Å². The molecule has 2 amide bonds. The number of hydrogen-bond donors (Lipinski definition) is 1. The minimum atomic E-state index is -3.99. The van der Waals surface area contributed by atoms with Crippen LogP contribution in [0.5, 0.6) is 5.75 Å². The van der Waals surface area contributed by atoms with Gasteiger partial charge in [0.2, 0.25) is 21.8 Å². The molecule has 1 N–H and O–H groups in total. The number of anilines is 1. The van der Waals surface area contributed by atoms with Gasteiger partial charge in [0.25, 0.3) is 0 Å². The fraction of sp³-hybridized carbons (Fsp3) is 0.417. The third kappa shape index (κ3) is 7.44. The Morgan fingerprint density at radius 2 is 1.68 bits per heavy atom. The van der Waals surface area contributed by atoms with Crippen LogP contribution in [-0.2, 0) is 26.2 Å². The molecule has 0 saturated carbocycles. The lowest BCUT2D eigenvalue weighted by Gasteiger charge is -2.31. The molecule has 0 radical (unpaired) electrons. The van der Waals surface area contributed by atoms with Crippen LogP contribution in [0.15, 0.2) is 48.5 Å². The number of nitrogens with zero attached hydrogens (tertiary/aromatic N) is 2. The smallest absolute Gasteiger partial charge is 0.244 e. The van der Waals surface area contributed by atoms with Gasteiger partial charge in [0.1, 0.15) is 24.2 Å². The predicted molar refractivity (Wildman–Crippen MR) is 129 cm³/mol. The number of rotatable bonds is 11. The fourth-order valence-electron chi connectivity index (χ4n) is 3.21. The molecule has 1 atom stereocenters.